The fraction of sp³-hybridized carbons (Fsp3) is 0.375. The molecule has 0 aliphatic carbocycles. The Morgan fingerprint density at radius 1 is 1.15 bits per heavy atom. The molecule has 2 N–H and O–H groups in total. The van der Waals surface area contributed by atoms with E-state index in [-0.39, 0.29) is 44.0 Å². The van der Waals surface area contributed by atoms with E-state index in [2.05, 4.69) is 15.6 Å². The monoisotopic (exact) mass is 475 g/mol. The molecule has 0 unspecified atom stereocenters. The third-order valence-electron chi connectivity index (χ3n) is 5.25. The maximum atomic E-state index is 14.8. The van der Waals surface area contributed by atoms with E-state index in [0.717, 1.165) is 17.7 Å². The molecule has 2 aromatic rings. The maximum absolute atomic E-state index is 14.8. The molecule has 1 heterocycles. The summed E-state index contributed by atoms with van der Waals surface area (Å²) in [7, 11) is 1.31. The molecule has 1 saturated heterocycles. The van der Waals surface area contributed by atoms with Crippen molar-refractivity contribution in [3.63, 3.8) is 0 Å². The Labute approximate surface area is 196 Å². The average molecular weight is 475 g/mol. The van der Waals surface area contributed by atoms with Gasteiger partial charge < -0.3 is 24.8 Å². The lowest BCUT2D eigenvalue weighted by molar-refractivity contribution is -0.142. The first-order chi connectivity index (χ1) is 16.4. The Bertz CT molecular complexity index is 1010. The van der Waals surface area contributed by atoms with Gasteiger partial charge in [0.2, 0.25) is 0 Å². The molecule has 1 fully saturated rings. The molecule has 182 valence electrons. The first kappa shape index (κ1) is 24.9. The van der Waals surface area contributed by atoms with E-state index in [1.165, 1.54) is 7.11 Å². The molecule has 10 heteroatoms. The van der Waals surface area contributed by atoms with Gasteiger partial charge in [-0.2, -0.15) is 0 Å². The van der Waals surface area contributed by atoms with Crippen molar-refractivity contribution in [2.75, 3.05) is 26.8 Å². The normalized spacial score (nSPS) is 18.3. The van der Waals surface area contributed by atoms with Crippen molar-refractivity contribution in [2.24, 2.45) is 4.99 Å². The first-order valence-electron chi connectivity index (χ1n) is 10.9. The largest absolute Gasteiger partial charge is 0.497 e. The number of halogens is 2. The van der Waals surface area contributed by atoms with Crippen LogP contribution in [0.3, 0.4) is 0 Å². The number of amidine groups is 1. The number of ether oxygens (including phenoxy) is 3. The highest BCUT2D eigenvalue weighted by molar-refractivity contribution is 5.93. The van der Waals surface area contributed by atoms with Gasteiger partial charge in [0.05, 0.1) is 32.7 Å². The van der Waals surface area contributed by atoms with Crippen LogP contribution in [0.5, 0.6) is 5.75 Å². The summed E-state index contributed by atoms with van der Waals surface area (Å²) in [5.41, 5.74) is 0.576. The van der Waals surface area contributed by atoms with Crippen LogP contribution in [0.15, 0.2) is 47.5 Å². The SMILES string of the molecule is CCOC(=O)CCN=C1NC[C@@H](c2c(F)cc(OC)cc2F)[C@@H]1NC(=O)OCc1ccccc1. The number of benzene rings is 2. The number of rotatable bonds is 9. The molecule has 0 aromatic heterocycles. The van der Waals surface area contributed by atoms with Gasteiger partial charge in [-0.3, -0.25) is 9.79 Å². The van der Waals surface area contributed by atoms with Crippen molar-refractivity contribution in [2.45, 2.75) is 31.9 Å². The predicted molar refractivity (Wildman–Crippen MR) is 121 cm³/mol. The van der Waals surface area contributed by atoms with Gasteiger partial charge in [0.25, 0.3) is 0 Å². The fourth-order valence-corrected chi connectivity index (χ4v) is 3.65. The Kier molecular flexibility index (Phi) is 8.78. The zero-order valence-corrected chi connectivity index (χ0v) is 19.0. The molecule has 8 nitrogen and oxygen atoms in total. The average Bonchev–Trinajstić information content (AvgIpc) is 3.19. The lowest BCUT2D eigenvalue weighted by Crippen LogP contribution is -2.43. The second-order valence-electron chi connectivity index (χ2n) is 7.50. The molecule has 1 amide bonds. The minimum atomic E-state index is -0.900. The van der Waals surface area contributed by atoms with Gasteiger partial charge in [0.15, 0.2) is 0 Å². The summed E-state index contributed by atoms with van der Waals surface area (Å²) in [6.07, 6.45) is -0.741. The topological polar surface area (TPSA) is 98.3 Å². The smallest absolute Gasteiger partial charge is 0.408 e. The molecular weight excluding hydrogens is 448 g/mol. The second-order valence-corrected chi connectivity index (χ2v) is 7.50. The van der Waals surface area contributed by atoms with Crippen molar-refractivity contribution in [3.05, 3.63) is 65.2 Å². The number of carbonyl (C=O) groups excluding carboxylic acids is 2. The molecule has 0 radical (unpaired) electrons. The number of methoxy groups -OCH3 is 1. The lowest BCUT2D eigenvalue weighted by atomic mass is 9.92. The van der Waals surface area contributed by atoms with Crippen LogP contribution >= 0.6 is 0 Å². The van der Waals surface area contributed by atoms with Crippen LogP contribution < -0.4 is 15.4 Å². The summed E-state index contributed by atoms with van der Waals surface area (Å²) in [6.45, 7) is 2.17. The molecular formula is C24H27F2N3O5. The van der Waals surface area contributed by atoms with Gasteiger partial charge in [-0.25, -0.2) is 13.6 Å². The minimum Gasteiger partial charge on any atom is -0.497 e. The molecule has 0 saturated carbocycles. The third kappa shape index (κ3) is 6.43. The van der Waals surface area contributed by atoms with E-state index in [0.29, 0.717) is 5.84 Å². The molecule has 0 spiro atoms. The second kappa shape index (κ2) is 12.0. The van der Waals surface area contributed by atoms with Gasteiger partial charge in [-0.1, -0.05) is 30.3 Å². The van der Waals surface area contributed by atoms with E-state index in [1.807, 2.05) is 18.2 Å². The summed E-state index contributed by atoms with van der Waals surface area (Å²) in [6, 6.07) is 10.3. The van der Waals surface area contributed by atoms with Gasteiger partial charge >= 0.3 is 12.1 Å². The number of nitrogens with one attached hydrogen (secondary N) is 2. The van der Waals surface area contributed by atoms with Crippen LogP contribution in [0.2, 0.25) is 0 Å². The quantitative estimate of drug-likeness (QED) is 0.540. The summed E-state index contributed by atoms with van der Waals surface area (Å²) >= 11 is 0. The standard InChI is InChI=1S/C24H27F2N3O5/c1-3-33-20(30)9-10-27-23-22(29-24(31)34-14-15-7-5-4-6-8-15)17(13-28-23)21-18(25)11-16(32-2)12-19(21)26/h4-8,11-12,17,22H,3,9-10,13-14H2,1-2H3,(H,27,28)(H,29,31)/t17-,22-/m0/s1. The van der Waals surface area contributed by atoms with E-state index in [1.54, 1.807) is 19.1 Å². The molecule has 34 heavy (non-hydrogen) atoms. The number of nitrogens with zero attached hydrogens (tertiary/aromatic N) is 1. The molecule has 2 atom stereocenters. The molecule has 0 bridgehead atoms. The first-order valence-corrected chi connectivity index (χ1v) is 10.9. The number of alkyl carbamates (subject to hydrolysis) is 1. The summed E-state index contributed by atoms with van der Waals surface area (Å²) < 4.78 is 44.7. The van der Waals surface area contributed by atoms with E-state index in [4.69, 9.17) is 14.2 Å². The predicted octanol–water partition coefficient (Wildman–Crippen LogP) is 3.31. The number of aliphatic imine (C=N–C) groups is 1. The van der Waals surface area contributed by atoms with Gasteiger partial charge in [0, 0.05) is 30.2 Å². The van der Waals surface area contributed by atoms with E-state index in [9.17, 15) is 18.4 Å². The van der Waals surface area contributed by atoms with E-state index >= 15 is 0 Å². The highest BCUT2D eigenvalue weighted by Crippen LogP contribution is 2.31. The number of amides is 1. The molecule has 1 aliphatic heterocycles. The van der Waals surface area contributed by atoms with Crippen LogP contribution in [0.25, 0.3) is 0 Å². The Hall–Kier alpha value is -3.69. The van der Waals surface area contributed by atoms with Crippen LogP contribution in [0.1, 0.15) is 30.4 Å². The van der Waals surface area contributed by atoms with Crippen molar-refractivity contribution in [1.29, 1.82) is 0 Å². The van der Waals surface area contributed by atoms with Crippen molar-refractivity contribution >= 4 is 17.9 Å². The number of esters is 1. The lowest BCUT2D eigenvalue weighted by Gasteiger charge is -2.21. The number of hydrogen-bond acceptors (Lipinski definition) is 6. The summed E-state index contributed by atoms with van der Waals surface area (Å²) in [4.78, 5) is 28.5. The van der Waals surface area contributed by atoms with Crippen LogP contribution in [0.4, 0.5) is 13.6 Å². The van der Waals surface area contributed by atoms with Gasteiger partial charge in [-0.05, 0) is 12.5 Å². The van der Waals surface area contributed by atoms with Crippen LogP contribution in [-0.2, 0) is 20.9 Å². The minimum absolute atomic E-state index is 0.0259. The van der Waals surface area contributed by atoms with Crippen molar-refractivity contribution in [1.82, 2.24) is 10.6 Å². The Morgan fingerprint density at radius 2 is 1.85 bits per heavy atom. The van der Waals surface area contributed by atoms with Crippen molar-refractivity contribution in [3.8, 4) is 5.75 Å². The highest BCUT2D eigenvalue weighted by Gasteiger charge is 2.39. The van der Waals surface area contributed by atoms with Crippen LogP contribution in [0, 0.1) is 11.6 Å². The number of carbonyl (C=O) groups is 2. The summed E-state index contributed by atoms with van der Waals surface area (Å²) in [5.74, 6) is -2.50. The van der Waals surface area contributed by atoms with Gasteiger partial charge in [0.1, 0.15) is 29.8 Å². The highest BCUT2D eigenvalue weighted by atomic mass is 19.1. The van der Waals surface area contributed by atoms with Crippen LogP contribution in [-0.4, -0.2) is 50.7 Å². The molecule has 2 aromatic carbocycles. The Balaban J connectivity index is 1.79. The van der Waals surface area contributed by atoms with Gasteiger partial charge in [-0.15, -0.1) is 0 Å². The third-order valence-corrected chi connectivity index (χ3v) is 5.25. The summed E-state index contributed by atoms with van der Waals surface area (Å²) in [5, 5.41) is 5.65. The Morgan fingerprint density at radius 3 is 2.50 bits per heavy atom. The fourth-order valence-electron chi connectivity index (χ4n) is 3.65. The zero-order valence-electron chi connectivity index (χ0n) is 19.0. The zero-order chi connectivity index (χ0) is 24.5. The molecule has 1 aliphatic rings. The van der Waals surface area contributed by atoms with Crippen molar-refractivity contribution < 1.29 is 32.6 Å². The maximum Gasteiger partial charge on any atom is 0.408 e. The number of hydrogen-bond donors (Lipinski definition) is 2. The molecule has 3 rings (SSSR count). The van der Waals surface area contributed by atoms with E-state index < -0.39 is 35.7 Å².